The molecule has 0 bridgehead atoms. The lowest BCUT2D eigenvalue weighted by Gasteiger charge is -2.22. The van der Waals surface area contributed by atoms with Gasteiger partial charge >= 0.3 is 6.18 Å². The summed E-state index contributed by atoms with van der Waals surface area (Å²) in [5.41, 5.74) is -0.444. The van der Waals surface area contributed by atoms with Gasteiger partial charge in [-0.3, -0.25) is 9.20 Å². The van der Waals surface area contributed by atoms with Crippen molar-refractivity contribution in [1.29, 1.82) is 0 Å². The van der Waals surface area contributed by atoms with Gasteiger partial charge in [-0.25, -0.2) is 4.98 Å². The quantitative estimate of drug-likeness (QED) is 0.877. The molecule has 2 aromatic rings. The molecule has 0 aliphatic carbocycles. The number of hydrogen-bond acceptors (Lipinski definition) is 3. The molecule has 1 atom stereocenters. The van der Waals surface area contributed by atoms with Gasteiger partial charge in [-0.2, -0.15) is 13.2 Å². The van der Waals surface area contributed by atoms with Gasteiger partial charge in [0.1, 0.15) is 5.65 Å². The van der Waals surface area contributed by atoms with Crippen LogP contribution in [0.5, 0.6) is 0 Å². The first-order valence-corrected chi connectivity index (χ1v) is 6.76. The molecule has 3 rings (SSSR count). The summed E-state index contributed by atoms with van der Waals surface area (Å²) >= 11 is 0. The molecule has 0 spiro atoms. The number of nitrogens with zero attached hydrogens (tertiary/aromatic N) is 2. The minimum atomic E-state index is -4.47. The molecule has 0 radical (unpaired) electrons. The van der Waals surface area contributed by atoms with Crippen molar-refractivity contribution in [3.63, 3.8) is 0 Å². The Balaban J connectivity index is 2.07. The number of piperidine rings is 1. The number of hydrogen-bond donors (Lipinski definition) is 1. The fourth-order valence-corrected chi connectivity index (χ4v) is 2.60. The van der Waals surface area contributed by atoms with Crippen LogP contribution in [-0.2, 0) is 6.18 Å². The lowest BCUT2D eigenvalue weighted by Crippen LogP contribution is -2.30. The molecule has 3 heterocycles. The fraction of sp³-hybridized carbons (Fsp3) is 0.429. The first-order chi connectivity index (χ1) is 9.95. The normalized spacial score (nSPS) is 19.9. The number of pyridine rings is 1. The maximum atomic E-state index is 12.7. The van der Waals surface area contributed by atoms with Gasteiger partial charge in [0.15, 0.2) is 0 Å². The molecule has 1 fully saturated rings. The van der Waals surface area contributed by atoms with E-state index in [1.807, 2.05) is 0 Å². The zero-order valence-electron chi connectivity index (χ0n) is 11.2. The monoisotopic (exact) mass is 297 g/mol. The van der Waals surface area contributed by atoms with Crippen molar-refractivity contribution in [3.05, 3.63) is 46.0 Å². The predicted octanol–water partition coefficient (Wildman–Crippen LogP) is 2.18. The van der Waals surface area contributed by atoms with Crippen LogP contribution in [0.25, 0.3) is 5.65 Å². The molecule has 1 aliphatic rings. The van der Waals surface area contributed by atoms with Crippen LogP contribution >= 0.6 is 0 Å². The molecular weight excluding hydrogens is 283 g/mol. The first kappa shape index (κ1) is 14.1. The second-order valence-corrected chi connectivity index (χ2v) is 5.21. The van der Waals surface area contributed by atoms with Crippen LogP contribution in [-0.4, -0.2) is 22.5 Å². The molecule has 0 amide bonds. The van der Waals surface area contributed by atoms with Crippen molar-refractivity contribution in [1.82, 2.24) is 14.7 Å². The van der Waals surface area contributed by atoms with Crippen LogP contribution in [0.1, 0.15) is 30.0 Å². The van der Waals surface area contributed by atoms with Gasteiger partial charge < -0.3 is 5.32 Å². The maximum Gasteiger partial charge on any atom is 0.417 e. The van der Waals surface area contributed by atoms with Crippen LogP contribution in [0.3, 0.4) is 0 Å². The van der Waals surface area contributed by atoms with Gasteiger partial charge in [0, 0.05) is 24.7 Å². The highest BCUT2D eigenvalue weighted by Gasteiger charge is 2.31. The highest BCUT2D eigenvalue weighted by molar-refractivity contribution is 5.41. The largest absolute Gasteiger partial charge is 0.417 e. The summed E-state index contributed by atoms with van der Waals surface area (Å²) in [4.78, 5) is 16.4. The number of alkyl halides is 3. The molecular formula is C14H14F3N3O. The molecule has 1 aliphatic heterocycles. The molecule has 1 N–H and O–H groups in total. The Labute approximate surface area is 118 Å². The molecule has 21 heavy (non-hydrogen) atoms. The third-order valence-corrected chi connectivity index (χ3v) is 3.72. The number of fused-ring (bicyclic) bond motifs is 1. The van der Waals surface area contributed by atoms with Crippen molar-refractivity contribution in [2.45, 2.75) is 24.9 Å². The van der Waals surface area contributed by atoms with Crippen molar-refractivity contribution in [2.75, 3.05) is 13.1 Å². The van der Waals surface area contributed by atoms with E-state index in [2.05, 4.69) is 10.3 Å². The fourth-order valence-electron chi connectivity index (χ4n) is 2.60. The van der Waals surface area contributed by atoms with Gasteiger partial charge in [-0.15, -0.1) is 0 Å². The summed E-state index contributed by atoms with van der Waals surface area (Å²) in [5, 5.41) is 3.23. The Morgan fingerprint density at radius 2 is 2.14 bits per heavy atom. The van der Waals surface area contributed by atoms with E-state index in [4.69, 9.17) is 0 Å². The number of rotatable bonds is 1. The highest BCUT2D eigenvalue weighted by Crippen LogP contribution is 2.29. The van der Waals surface area contributed by atoms with Crippen LogP contribution in [0.15, 0.2) is 29.2 Å². The molecule has 112 valence electrons. The summed E-state index contributed by atoms with van der Waals surface area (Å²) in [6.45, 7) is 1.68. The molecule has 7 heteroatoms. The van der Waals surface area contributed by atoms with Crippen LogP contribution in [0.2, 0.25) is 0 Å². The lowest BCUT2D eigenvalue weighted by molar-refractivity contribution is -0.137. The Hall–Kier alpha value is -1.89. The van der Waals surface area contributed by atoms with E-state index >= 15 is 0 Å². The number of nitrogens with one attached hydrogen (secondary N) is 1. The van der Waals surface area contributed by atoms with Gasteiger partial charge in [-0.1, -0.05) is 0 Å². The van der Waals surface area contributed by atoms with E-state index in [0.29, 0.717) is 5.69 Å². The first-order valence-electron chi connectivity index (χ1n) is 6.76. The maximum absolute atomic E-state index is 12.7. The third-order valence-electron chi connectivity index (χ3n) is 3.72. The van der Waals surface area contributed by atoms with Crippen LogP contribution < -0.4 is 10.9 Å². The Morgan fingerprint density at radius 3 is 2.81 bits per heavy atom. The number of halogens is 3. The van der Waals surface area contributed by atoms with E-state index in [1.165, 1.54) is 12.1 Å². The average Bonchev–Trinajstić information content (AvgIpc) is 2.47. The summed E-state index contributed by atoms with van der Waals surface area (Å²) in [6, 6.07) is 3.53. The van der Waals surface area contributed by atoms with Gasteiger partial charge in [0.2, 0.25) is 0 Å². The van der Waals surface area contributed by atoms with Crippen molar-refractivity contribution in [2.24, 2.45) is 0 Å². The predicted molar refractivity (Wildman–Crippen MR) is 71.3 cm³/mol. The van der Waals surface area contributed by atoms with E-state index < -0.39 is 17.3 Å². The highest BCUT2D eigenvalue weighted by atomic mass is 19.4. The van der Waals surface area contributed by atoms with Gasteiger partial charge in [0.25, 0.3) is 5.56 Å². The minimum Gasteiger partial charge on any atom is -0.316 e. The summed E-state index contributed by atoms with van der Waals surface area (Å²) in [7, 11) is 0. The SMILES string of the molecule is O=c1cc(C2CCCNC2)nc2ccc(C(F)(F)F)cn12. The third kappa shape index (κ3) is 2.78. The van der Waals surface area contributed by atoms with E-state index in [0.717, 1.165) is 42.6 Å². The average molecular weight is 297 g/mol. The molecule has 2 aromatic heterocycles. The zero-order chi connectivity index (χ0) is 15.0. The molecule has 1 unspecified atom stereocenters. The van der Waals surface area contributed by atoms with Crippen LogP contribution in [0.4, 0.5) is 13.2 Å². The second-order valence-electron chi connectivity index (χ2n) is 5.21. The minimum absolute atomic E-state index is 0.138. The topological polar surface area (TPSA) is 46.4 Å². The summed E-state index contributed by atoms with van der Waals surface area (Å²) in [6.07, 6.45) is -1.75. The molecule has 1 saturated heterocycles. The second kappa shape index (κ2) is 5.14. The van der Waals surface area contributed by atoms with Crippen LogP contribution in [0, 0.1) is 0 Å². The van der Waals surface area contributed by atoms with E-state index in [9.17, 15) is 18.0 Å². The molecule has 0 saturated carbocycles. The van der Waals surface area contributed by atoms with E-state index in [1.54, 1.807) is 0 Å². The molecule has 4 nitrogen and oxygen atoms in total. The Bertz CT molecular complexity index is 717. The van der Waals surface area contributed by atoms with Gasteiger partial charge in [0.05, 0.1) is 11.3 Å². The standard InChI is InChI=1S/C14H14F3N3O/c15-14(16,17)10-3-4-12-19-11(6-13(21)20(12)8-10)9-2-1-5-18-7-9/h3-4,6,8-9,18H,1-2,5,7H2. The lowest BCUT2D eigenvalue weighted by atomic mass is 9.96. The number of aromatic nitrogens is 2. The Morgan fingerprint density at radius 1 is 1.33 bits per heavy atom. The Kier molecular flexibility index (Phi) is 3.44. The van der Waals surface area contributed by atoms with Gasteiger partial charge in [-0.05, 0) is 31.5 Å². The summed E-state index contributed by atoms with van der Waals surface area (Å²) in [5.74, 6) is 0.138. The van der Waals surface area contributed by atoms with Crippen molar-refractivity contribution < 1.29 is 13.2 Å². The van der Waals surface area contributed by atoms with Crippen molar-refractivity contribution >= 4 is 5.65 Å². The zero-order valence-corrected chi connectivity index (χ0v) is 11.2. The van der Waals surface area contributed by atoms with Crippen molar-refractivity contribution in [3.8, 4) is 0 Å². The van der Waals surface area contributed by atoms with E-state index in [-0.39, 0.29) is 11.6 Å². The summed E-state index contributed by atoms with van der Waals surface area (Å²) < 4.78 is 39.0. The smallest absolute Gasteiger partial charge is 0.316 e. The molecule has 0 aromatic carbocycles.